The number of hydrogen-bond acceptors (Lipinski definition) is 4. The largest absolute Gasteiger partial charge is 0.315 e. The smallest absolute Gasteiger partial charge is 0.231 e. The van der Waals surface area contributed by atoms with Crippen molar-refractivity contribution in [3.05, 3.63) is 34.2 Å². The molecule has 1 fully saturated rings. The van der Waals surface area contributed by atoms with Crippen LogP contribution in [0.15, 0.2) is 22.5 Å². The van der Waals surface area contributed by atoms with Gasteiger partial charge in [-0.3, -0.25) is 9.79 Å². The molecule has 5 heteroatoms. The minimum atomic E-state index is 0.277. The fraction of sp³-hybridized carbons (Fsp3) is 0.500. The number of anilines is 1. The van der Waals surface area contributed by atoms with Crippen molar-refractivity contribution in [2.24, 2.45) is 4.99 Å². The summed E-state index contributed by atoms with van der Waals surface area (Å²) in [7, 11) is 0. The summed E-state index contributed by atoms with van der Waals surface area (Å²) >= 11 is 1.78. The van der Waals surface area contributed by atoms with Gasteiger partial charge in [0.05, 0.1) is 29.9 Å². The first-order chi connectivity index (χ1) is 12.3. The third-order valence-corrected chi connectivity index (χ3v) is 7.20. The molecule has 25 heavy (non-hydrogen) atoms. The maximum absolute atomic E-state index is 12.3. The minimum Gasteiger partial charge on any atom is -0.315 e. The van der Waals surface area contributed by atoms with Gasteiger partial charge >= 0.3 is 0 Å². The lowest BCUT2D eigenvalue weighted by molar-refractivity contribution is -0.117. The van der Waals surface area contributed by atoms with Crippen molar-refractivity contribution in [1.82, 2.24) is 4.90 Å². The number of hydrogen-bond donors (Lipinski definition) is 0. The van der Waals surface area contributed by atoms with Gasteiger partial charge in [0, 0.05) is 12.0 Å². The molecule has 1 aromatic rings. The summed E-state index contributed by atoms with van der Waals surface area (Å²) in [5.41, 5.74) is 6.41. The number of carbonyl (C=O) groups is 1. The highest BCUT2D eigenvalue weighted by molar-refractivity contribution is 8.16. The number of benzene rings is 1. The second-order valence-electron chi connectivity index (χ2n) is 7.79. The molecule has 2 atom stereocenters. The van der Waals surface area contributed by atoms with Crippen LogP contribution in [-0.4, -0.2) is 34.6 Å². The van der Waals surface area contributed by atoms with E-state index in [0.717, 1.165) is 19.4 Å². The number of carbonyl (C=O) groups excluding carboxylic acids is 1. The van der Waals surface area contributed by atoms with E-state index in [2.05, 4.69) is 22.4 Å². The summed E-state index contributed by atoms with van der Waals surface area (Å²) < 4.78 is 0. The molecule has 1 aliphatic carbocycles. The van der Waals surface area contributed by atoms with Crippen LogP contribution < -0.4 is 4.90 Å². The molecule has 0 radical (unpaired) electrons. The molecular formula is C20H21N3OS. The van der Waals surface area contributed by atoms with Crippen LogP contribution in [0.3, 0.4) is 0 Å². The van der Waals surface area contributed by atoms with Crippen molar-refractivity contribution in [2.45, 2.75) is 57.0 Å². The normalized spacial score (nSPS) is 29.4. The monoisotopic (exact) mass is 351 g/mol. The second-order valence-corrected chi connectivity index (χ2v) is 8.63. The highest BCUT2D eigenvalue weighted by atomic mass is 32.2. The number of nitrogens with zero attached hydrogens (tertiary/aromatic N) is 3. The van der Waals surface area contributed by atoms with Crippen molar-refractivity contribution in [2.75, 3.05) is 11.4 Å². The average molecular weight is 351 g/mol. The average Bonchev–Trinajstić information content (AvgIpc) is 3.28. The maximum atomic E-state index is 12.3. The minimum absolute atomic E-state index is 0.277. The molecule has 1 saturated carbocycles. The molecule has 0 spiro atoms. The summed E-state index contributed by atoms with van der Waals surface area (Å²) in [6, 6.07) is 5.65. The molecule has 1 amide bonds. The highest BCUT2D eigenvalue weighted by Gasteiger charge is 2.42. The first kappa shape index (κ1) is 14.4. The standard InChI is InChI=1S/C20H21N3OS/c24-18-10-14-9-13(8-12-4-3-7-22(18)19(12)14)17-11-25-20-21-15-5-1-2-6-16(15)23(17)20/h8-9,11,15-16H,1-7,10H2/t15-,16+/m0/s1. The van der Waals surface area contributed by atoms with Gasteiger partial charge in [0.2, 0.25) is 5.91 Å². The lowest BCUT2D eigenvalue weighted by Gasteiger charge is -2.32. The van der Waals surface area contributed by atoms with E-state index in [1.165, 1.54) is 58.9 Å². The van der Waals surface area contributed by atoms with E-state index in [1.807, 2.05) is 4.90 Å². The van der Waals surface area contributed by atoms with Crippen LogP contribution in [0.25, 0.3) is 5.70 Å². The lowest BCUT2D eigenvalue weighted by atomic mass is 9.90. The van der Waals surface area contributed by atoms with Crippen LogP contribution in [0, 0.1) is 0 Å². The molecule has 6 rings (SSSR count). The van der Waals surface area contributed by atoms with E-state index < -0.39 is 0 Å². The number of thioether (sulfide) groups is 1. The number of fused-ring (bicyclic) bond motifs is 3. The zero-order valence-electron chi connectivity index (χ0n) is 14.2. The summed E-state index contributed by atoms with van der Waals surface area (Å²) in [5, 5.41) is 3.47. The van der Waals surface area contributed by atoms with Crippen molar-refractivity contribution in [3.63, 3.8) is 0 Å². The van der Waals surface area contributed by atoms with Crippen LogP contribution in [-0.2, 0) is 17.6 Å². The second kappa shape index (κ2) is 5.13. The first-order valence-corrected chi connectivity index (χ1v) is 10.4. The molecular weight excluding hydrogens is 330 g/mol. The van der Waals surface area contributed by atoms with E-state index >= 15 is 0 Å². The van der Waals surface area contributed by atoms with Crippen molar-refractivity contribution in [1.29, 1.82) is 0 Å². The molecule has 4 aliphatic heterocycles. The van der Waals surface area contributed by atoms with Gasteiger partial charge in [0.25, 0.3) is 0 Å². The molecule has 0 unspecified atom stereocenters. The lowest BCUT2D eigenvalue weighted by Crippen LogP contribution is -2.38. The molecule has 5 aliphatic rings. The maximum Gasteiger partial charge on any atom is 0.231 e. The molecule has 0 N–H and O–H groups in total. The Morgan fingerprint density at radius 1 is 1.12 bits per heavy atom. The van der Waals surface area contributed by atoms with Gasteiger partial charge in [-0.25, -0.2) is 0 Å². The topological polar surface area (TPSA) is 35.9 Å². The molecule has 128 valence electrons. The quantitative estimate of drug-likeness (QED) is 0.776. The Morgan fingerprint density at radius 3 is 2.96 bits per heavy atom. The summed E-state index contributed by atoms with van der Waals surface area (Å²) in [6.45, 7) is 0.892. The fourth-order valence-corrected chi connectivity index (χ4v) is 6.27. The Balaban J connectivity index is 1.42. The number of amides is 1. The zero-order chi connectivity index (χ0) is 16.5. The molecule has 0 aromatic heterocycles. The predicted molar refractivity (Wildman–Crippen MR) is 102 cm³/mol. The van der Waals surface area contributed by atoms with Crippen LogP contribution in [0.1, 0.15) is 48.8 Å². The van der Waals surface area contributed by atoms with Gasteiger partial charge in [-0.05, 0) is 54.5 Å². The van der Waals surface area contributed by atoms with Gasteiger partial charge in [0.1, 0.15) is 0 Å². The predicted octanol–water partition coefficient (Wildman–Crippen LogP) is 3.55. The Labute approximate surface area is 152 Å². The van der Waals surface area contributed by atoms with E-state index in [1.54, 1.807) is 11.8 Å². The first-order valence-electron chi connectivity index (χ1n) is 9.50. The SMILES string of the molecule is O=C1Cc2cc(C3=CSC4=N[C@H]5CCCC[C@H]5N34)cc3c2N1CCC3. The van der Waals surface area contributed by atoms with E-state index in [4.69, 9.17) is 4.99 Å². The van der Waals surface area contributed by atoms with Gasteiger partial charge in [-0.1, -0.05) is 24.6 Å². The van der Waals surface area contributed by atoms with Crippen molar-refractivity contribution < 1.29 is 4.79 Å². The fourth-order valence-electron chi connectivity index (χ4n) is 5.26. The Bertz CT molecular complexity index is 859. The third-order valence-electron chi connectivity index (χ3n) is 6.35. The summed E-state index contributed by atoms with van der Waals surface area (Å²) in [4.78, 5) is 21.8. The Morgan fingerprint density at radius 2 is 2.00 bits per heavy atom. The molecule has 0 saturated heterocycles. The van der Waals surface area contributed by atoms with Crippen LogP contribution in [0.2, 0.25) is 0 Å². The van der Waals surface area contributed by atoms with Gasteiger partial charge in [-0.15, -0.1) is 0 Å². The molecule has 0 bridgehead atoms. The Hall–Kier alpha value is -1.75. The number of aryl methyl sites for hydroxylation is 1. The number of aliphatic imine (C=N–C) groups is 1. The van der Waals surface area contributed by atoms with Gasteiger partial charge in [0.15, 0.2) is 5.17 Å². The van der Waals surface area contributed by atoms with Crippen molar-refractivity contribution >= 4 is 34.2 Å². The van der Waals surface area contributed by atoms with E-state index in [9.17, 15) is 4.79 Å². The highest BCUT2D eigenvalue weighted by Crippen LogP contribution is 2.46. The van der Waals surface area contributed by atoms with Gasteiger partial charge in [-0.2, -0.15) is 0 Å². The molecule has 4 heterocycles. The molecule has 1 aromatic carbocycles. The third kappa shape index (κ3) is 1.96. The van der Waals surface area contributed by atoms with E-state index in [-0.39, 0.29) is 5.91 Å². The number of amidine groups is 1. The summed E-state index contributed by atoms with van der Waals surface area (Å²) in [6.07, 6.45) is 7.86. The van der Waals surface area contributed by atoms with E-state index in [0.29, 0.717) is 18.5 Å². The molecule has 4 nitrogen and oxygen atoms in total. The number of rotatable bonds is 1. The summed E-state index contributed by atoms with van der Waals surface area (Å²) in [5.74, 6) is 0.277. The van der Waals surface area contributed by atoms with Crippen molar-refractivity contribution in [3.8, 4) is 0 Å². The van der Waals surface area contributed by atoms with Crippen LogP contribution >= 0.6 is 11.8 Å². The Kier molecular flexibility index (Phi) is 2.96. The zero-order valence-corrected chi connectivity index (χ0v) is 15.0. The van der Waals surface area contributed by atoms with Crippen LogP contribution in [0.5, 0.6) is 0 Å². The van der Waals surface area contributed by atoms with Crippen LogP contribution in [0.4, 0.5) is 5.69 Å². The van der Waals surface area contributed by atoms with Gasteiger partial charge < -0.3 is 9.80 Å².